The maximum atomic E-state index is 11.8. The summed E-state index contributed by atoms with van der Waals surface area (Å²) in [6.07, 6.45) is 0. The predicted molar refractivity (Wildman–Crippen MR) is 91.8 cm³/mol. The number of halogens is 1. The molecule has 0 bridgehead atoms. The summed E-state index contributed by atoms with van der Waals surface area (Å²) in [5.41, 5.74) is 5.11. The molecule has 0 aliphatic carbocycles. The van der Waals surface area contributed by atoms with E-state index in [1.54, 1.807) is 13.0 Å². The van der Waals surface area contributed by atoms with E-state index >= 15 is 0 Å². The monoisotopic (exact) mass is 387 g/mol. The molecule has 0 radical (unpaired) electrons. The normalized spacial score (nSPS) is 10.7. The highest BCUT2D eigenvalue weighted by Gasteiger charge is 2.18. The van der Waals surface area contributed by atoms with Crippen molar-refractivity contribution < 1.29 is 9.21 Å². The fourth-order valence-corrected chi connectivity index (χ4v) is 2.72. The molecule has 2 heterocycles. The number of benzene rings is 1. The number of hydrazine groups is 1. The number of nitrogens with one attached hydrogen (secondary N) is 1. The lowest BCUT2D eigenvalue weighted by molar-refractivity contribution is 0.0952. The zero-order valence-corrected chi connectivity index (χ0v) is 14.6. The van der Waals surface area contributed by atoms with Crippen molar-refractivity contribution in [1.82, 2.24) is 20.6 Å². The van der Waals surface area contributed by atoms with E-state index in [1.165, 1.54) is 0 Å². The zero-order valence-electron chi connectivity index (χ0n) is 13.0. The minimum absolute atomic E-state index is 0.293. The van der Waals surface area contributed by atoms with Gasteiger partial charge in [-0.3, -0.25) is 15.2 Å². The number of nitrogen functional groups attached to an aromatic ring is 1. The minimum atomic E-state index is -0.423. The molecule has 0 saturated heterocycles. The van der Waals surface area contributed by atoms with E-state index in [0.29, 0.717) is 34.3 Å². The molecule has 3 rings (SSSR count). The molecule has 0 aliphatic heterocycles. The summed E-state index contributed by atoms with van der Waals surface area (Å²) in [5.74, 6) is 5.47. The van der Waals surface area contributed by atoms with Gasteiger partial charge in [0.1, 0.15) is 0 Å². The molecule has 0 aliphatic rings. The highest BCUT2D eigenvalue weighted by molar-refractivity contribution is 9.10. The Balaban J connectivity index is 2.05. The van der Waals surface area contributed by atoms with Gasteiger partial charge in [-0.25, -0.2) is 5.84 Å². The van der Waals surface area contributed by atoms with E-state index in [0.717, 1.165) is 10.0 Å². The highest BCUT2D eigenvalue weighted by atomic mass is 79.9. The molecule has 3 N–H and O–H groups in total. The van der Waals surface area contributed by atoms with Crippen LogP contribution in [-0.2, 0) is 0 Å². The lowest BCUT2D eigenvalue weighted by Crippen LogP contribution is -2.30. The van der Waals surface area contributed by atoms with E-state index in [4.69, 9.17) is 10.3 Å². The molecular weight excluding hydrogens is 374 g/mol. The summed E-state index contributed by atoms with van der Waals surface area (Å²) >= 11 is 3.41. The second-order valence-corrected chi connectivity index (χ2v) is 6.07. The van der Waals surface area contributed by atoms with Gasteiger partial charge in [0.2, 0.25) is 11.8 Å². The molecule has 24 heavy (non-hydrogen) atoms. The number of hydrogen-bond acceptors (Lipinski definition) is 6. The van der Waals surface area contributed by atoms with Crippen LogP contribution < -0.4 is 11.3 Å². The Morgan fingerprint density at radius 1 is 1.17 bits per heavy atom. The number of aromatic nitrogens is 3. The zero-order chi connectivity index (χ0) is 17.3. The van der Waals surface area contributed by atoms with Crippen molar-refractivity contribution >= 4 is 21.8 Å². The fourth-order valence-electron chi connectivity index (χ4n) is 2.32. The Morgan fingerprint density at radius 3 is 2.62 bits per heavy atom. The van der Waals surface area contributed by atoms with Crippen LogP contribution in [0.25, 0.3) is 22.9 Å². The van der Waals surface area contributed by atoms with Gasteiger partial charge in [0.15, 0.2) is 0 Å². The molecule has 7 nitrogen and oxygen atoms in total. The van der Waals surface area contributed by atoms with Crippen molar-refractivity contribution in [3.63, 3.8) is 0 Å². The third-order valence-corrected chi connectivity index (χ3v) is 4.00. The molecule has 1 aromatic carbocycles. The first kappa shape index (κ1) is 16.3. The number of rotatable bonds is 3. The van der Waals surface area contributed by atoms with Gasteiger partial charge in [-0.15, -0.1) is 10.2 Å². The van der Waals surface area contributed by atoms with Crippen LogP contribution in [-0.4, -0.2) is 21.1 Å². The first-order chi connectivity index (χ1) is 11.5. The molecule has 2 aromatic heterocycles. The quantitative estimate of drug-likeness (QED) is 0.406. The maximum Gasteiger partial charge on any atom is 0.267 e. The molecule has 3 aromatic rings. The van der Waals surface area contributed by atoms with Crippen LogP contribution in [0.1, 0.15) is 21.7 Å². The number of amides is 1. The molecule has 1 amide bonds. The Hall–Kier alpha value is -2.58. The molecule has 0 atom stereocenters. The lowest BCUT2D eigenvalue weighted by Gasteiger charge is -2.07. The van der Waals surface area contributed by atoms with Crippen LogP contribution in [0.15, 0.2) is 39.2 Å². The third-order valence-electron chi connectivity index (χ3n) is 3.51. The number of nitrogens with zero attached hydrogens (tertiary/aromatic N) is 3. The summed E-state index contributed by atoms with van der Waals surface area (Å²) in [7, 11) is 0. The smallest absolute Gasteiger partial charge is 0.267 e. The second-order valence-electron chi connectivity index (χ2n) is 5.15. The predicted octanol–water partition coefficient (Wildman–Crippen LogP) is 2.78. The van der Waals surface area contributed by atoms with Gasteiger partial charge in [0.05, 0.1) is 22.5 Å². The van der Waals surface area contributed by atoms with E-state index < -0.39 is 5.91 Å². The Bertz CT molecular complexity index is 923. The van der Waals surface area contributed by atoms with Gasteiger partial charge in [0.25, 0.3) is 5.91 Å². The summed E-state index contributed by atoms with van der Waals surface area (Å²) < 4.78 is 6.67. The molecule has 8 heteroatoms. The van der Waals surface area contributed by atoms with Gasteiger partial charge < -0.3 is 4.42 Å². The van der Waals surface area contributed by atoms with Gasteiger partial charge in [-0.1, -0.05) is 22.0 Å². The standard InChI is InChI=1S/C16H14BrN5O2/c1-8-12(14(23)20-18)7-13(9(2)19-8)16-22-21-15(24-16)10-4-3-5-11(17)6-10/h3-7H,18H2,1-2H3,(H,20,23). The average Bonchev–Trinajstić information content (AvgIpc) is 3.04. The summed E-state index contributed by atoms with van der Waals surface area (Å²) in [5, 5.41) is 8.15. The summed E-state index contributed by atoms with van der Waals surface area (Å²) in [6.45, 7) is 3.55. The summed E-state index contributed by atoms with van der Waals surface area (Å²) in [4.78, 5) is 16.2. The van der Waals surface area contributed by atoms with Crippen molar-refractivity contribution in [1.29, 1.82) is 0 Å². The van der Waals surface area contributed by atoms with Crippen LogP contribution in [0.2, 0.25) is 0 Å². The Kier molecular flexibility index (Phi) is 4.41. The first-order valence-electron chi connectivity index (χ1n) is 7.08. The molecule has 0 unspecified atom stereocenters. The van der Waals surface area contributed by atoms with E-state index in [2.05, 4.69) is 36.5 Å². The largest absolute Gasteiger partial charge is 0.416 e. The van der Waals surface area contributed by atoms with Crippen LogP contribution in [0.5, 0.6) is 0 Å². The van der Waals surface area contributed by atoms with Crippen molar-refractivity contribution in [2.24, 2.45) is 5.84 Å². The first-order valence-corrected chi connectivity index (χ1v) is 7.88. The number of carbonyl (C=O) groups is 1. The van der Waals surface area contributed by atoms with Crippen molar-refractivity contribution in [2.45, 2.75) is 13.8 Å². The lowest BCUT2D eigenvalue weighted by atomic mass is 10.1. The van der Waals surface area contributed by atoms with Crippen LogP contribution in [0.3, 0.4) is 0 Å². The van der Waals surface area contributed by atoms with Crippen LogP contribution in [0.4, 0.5) is 0 Å². The molecule has 0 fully saturated rings. The topological polar surface area (TPSA) is 107 Å². The average molecular weight is 388 g/mol. The molecule has 0 spiro atoms. The third kappa shape index (κ3) is 3.06. The Labute approximate surface area is 146 Å². The Morgan fingerprint density at radius 2 is 1.92 bits per heavy atom. The SMILES string of the molecule is Cc1nc(C)c(-c2nnc(-c3cccc(Br)c3)o2)cc1C(=O)NN. The van der Waals surface area contributed by atoms with E-state index in [1.807, 2.05) is 31.2 Å². The second kappa shape index (κ2) is 6.50. The van der Waals surface area contributed by atoms with Gasteiger partial charge in [-0.2, -0.15) is 0 Å². The number of hydrogen-bond donors (Lipinski definition) is 2. The number of nitrogens with two attached hydrogens (primary N) is 1. The van der Waals surface area contributed by atoms with Crippen molar-refractivity contribution in [2.75, 3.05) is 0 Å². The maximum absolute atomic E-state index is 11.8. The van der Waals surface area contributed by atoms with E-state index in [-0.39, 0.29) is 0 Å². The number of aryl methyl sites for hydroxylation is 2. The number of carbonyl (C=O) groups excluding carboxylic acids is 1. The van der Waals surface area contributed by atoms with Gasteiger partial charge in [-0.05, 0) is 38.1 Å². The summed E-state index contributed by atoms with van der Waals surface area (Å²) in [6, 6.07) is 9.19. The van der Waals surface area contributed by atoms with Gasteiger partial charge >= 0.3 is 0 Å². The van der Waals surface area contributed by atoms with E-state index in [9.17, 15) is 4.79 Å². The van der Waals surface area contributed by atoms with Gasteiger partial charge in [0, 0.05) is 10.0 Å². The minimum Gasteiger partial charge on any atom is -0.416 e. The highest BCUT2D eigenvalue weighted by Crippen LogP contribution is 2.28. The van der Waals surface area contributed by atoms with Crippen LogP contribution >= 0.6 is 15.9 Å². The van der Waals surface area contributed by atoms with Crippen molar-refractivity contribution in [3.05, 3.63) is 51.8 Å². The fraction of sp³-hybridized carbons (Fsp3) is 0.125. The van der Waals surface area contributed by atoms with Crippen LogP contribution in [0, 0.1) is 13.8 Å². The number of pyridine rings is 1. The molecule has 0 saturated carbocycles. The molecule has 122 valence electrons. The van der Waals surface area contributed by atoms with Crippen molar-refractivity contribution in [3.8, 4) is 22.9 Å². The molecular formula is C16H14BrN5O2.